The van der Waals surface area contributed by atoms with Gasteiger partial charge >= 0.3 is 0 Å². The number of methoxy groups -OCH3 is 1. The summed E-state index contributed by atoms with van der Waals surface area (Å²) in [4.78, 5) is 0. The number of ether oxygens (including phenoxy) is 1. The Kier molecular flexibility index (Phi) is 20.2. The van der Waals surface area contributed by atoms with Gasteiger partial charge in [-0.1, -0.05) is 142 Å². The van der Waals surface area contributed by atoms with Crippen LogP contribution >= 0.6 is 0 Å². The SMILES string of the molecule is CCCCCCCCCCCC[C]c1ccc(O)c(OC)c1CCCCCCCCCCCC. The number of benzene rings is 1. The zero-order valence-electron chi connectivity index (χ0n) is 23.1. The van der Waals surface area contributed by atoms with Crippen molar-refractivity contribution >= 4 is 0 Å². The lowest BCUT2D eigenvalue weighted by molar-refractivity contribution is 0.368. The van der Waals surface area contributed by atoms with Crippen LogP contribution in [0.4, 0.5) is 0 Å². The van der Waals surface area contributed by atoms with Crippen molar-refractivity contribution in [3.63, 3.8) is 0 Å². The molecule has 1 rings (SSSR count). The van der Waals surface area contributed by atoms with Gasteiger partial charge in [-0.05, 0) is 30.9 Å². The van der Waals surface area contributed by atoms with Gasteiger partial charge in [-0.2, -0.15) is 0 Å². The summed E-state index contributed by atoms with van der Waals surface area (Å²) in [6.07, 6.45) is 32.6. The molecule has 0 atom stereocenters. The molecule has 0 spiro atoms. The van der Waals surface area contributed by atoms with Gasteiger partial charge in [0.2, 0.25) is 0 Å². The predicted molar refractivity (Wildman–Crippen MR) is 149 cm³/mol. The van der Waals surface area contributed by atoms with Gasteiger partial charge < -0.3 is 9.84 Å². The molecular formula is C32H56O2. The molecule has 2 heteroatoms. The number of hydrogen-bond acceptors (Lipinski definition) is 2. The average Bonchev–Trinajstić information content (AvgIpc) is 2.84. The molecule has 0 saturated carbocycles. The first-order valence-corrected chi connectivity index (χ1v) is 14.9. The van der Waals surface area contributed by atoms with Crippen molar-refractivity contribution in [3.05, 3.63) is 29.7 Å². The summed E-state index contributed by atoms with van der Waals surface area (Å²) in [5.41, 5.74) is 2.29. The largest absolute Gasteiger partial charge is 0.504 e. The standard InChI is InChI=1S/C32H56O2/c1-4-6-8-10-12-14-16-17-19-21-23-25-29-27-28-31(33)32(34-3)30(29)26-24-22-20-18-15-13-11-9-7-5-2/h27-28,33H,4-24,26H2,1-3H3. The molecule has 0 aromatic heterocycles. The molecule has 1 aromatic carbocycles. The fraction of sp³-hybridized carbons (Fsp3) is 0.781. The van der Waals surface area contributed by atoms with Crippen LogP contribution in [-0.4, -0.2) is 12.2 Å². The molecule has 0 saturated heterocycles. The lowest BCUT2D eigenvalue weighted by Crippen LogP contribution is -1.99. The third kappa shape index (κ3) is 14.9. The van der Waals surface area contributed by atoms with E-state index >= 15 is 0 Å². The third-order valence-electron chi connectivity index (χ3n) is 7.07. The van der Waals surface area contributed by atoms with E-state index in [1.54, 1.807) is 13.2 Å². The van der Waals surface area contributed by atoms with Crippen molar-refractivity contribution in [1.82, 2.24) is 0 Å². The van der Waals surface area contributed by atoms with Gasteiger partial charge in [0, 0.05) is 12.0 Å². The first-order valence-electron chi connectivity index (χ1n) is 14.9. The van der Waals surface area contributed by atoms with Crippen molar-refractivity contribution in [2.24, 2.45) is 0 Å². The Morgan fingerprint density at radius 1 is 0.618 bits per heavy atom. The van der Waals surface area contributed by atoms with Crippen LogP contribution in [0.2, 0.25) is 0 Å². The molecule has 0 bridgehead atoms. The quantitative estimate of drug-likeness (QED) is 0.152. The first kappa shape index (κ1) is 30.9. The van der Waals surface area contributed by atoms with Crippen LogP contribution in [-0.2, 0) is 6.42 Å². The zero-order valence-corrected chi connectivity index (χ0v) is 23.1. The van der Waals surface area contributed by atoms with Crippen LogP contribution < -0.4 is 4.74 Å². The van der Waals surface area contributed by atoms with Gasteiger partial charge in [-0.25, -0.2) is 0 Å². The molecule has 0 fully saturated rings. The van der Waals surface area contributed by atoms with E-state index < -0.39 is 0 Å². The third-order valence-corrected chi connectivity index (χ3v) is 7.07. The number of aromatic hydroxyl groups is 1. The van der Waals surface area contributed by atoms with E-state index in [4.69, 9.17) is 4.74 Å². The van der Waals surface area contributed by atoms with Crippen molar-refractivity contribution in [3.8, 4) is 11.5 Å². The van der Waals surface area contributed by atoms with Gasteiger partial charge in [-0.15, -0.1) is 0 Å². The number of unbranched alkanes of at least 4 members (excludes halogenated alkanes) is 19. The smallest absolute Gasteiger partial charge is 0.163 e. The molecule has 1 N–H and O–H groups in total. The molecule has 1 aromatic rings. The number of rotatable bonds is 24. The van der Waals surface area contributed by atoms with Crippen molar-refractivity contribution in [2.45, 2.75) is 155 Å². The second-order valence-corrected chi connectivity index (χ2v) is 10.2. The van der Waals surface area contributed by atoms with E-state index in [2.05, 4.69) is 20.3 Å². The topological polar surface area (TPSA) is 29.5 Å². The highest BCUT2D eigenvalue weighted by Crippen LogP contribution is 2.35. The minimum absolute atomic E-state index is 0.258. The van der Waals surface area contributed by atoms with E-state index in [1.165, 1.54) is 122 Å². The maximum Gasteiger partial charge on any atom is 0.163 e. The minimum atomic E-state index is 0.258. The van der Waals surface area contributed by atoms with Gasteiger partial charge in [0.25, 0.3) is 0 Å². The Bertz CT molecular complexity index is 581. The van der Waals surface area contributed by atoms with Crippen LogP contribution in [0.3, 0.4) is 0 Å². The molecule has 0 unspecified atom stereocenters. The fourth-order valence-corrected chi connectivity index (χ4v) is 4.88. The Labute approximate surface area is 213 Å². The van der Waals surface area contributed by atoms with E-state index in [0.717, 1.165) is 30.4 Å². The Hall–Kier alpha value is -1.18. The van der Waals surface area contributed by atoms with Crippen LogP contribution in [0.15, 0.2) is 12.1 Å². The molecule has 196 valence electrons. The van der Waals surface area contributed by atoms with Crippen molar-refractivity contribution in [1.29, 1.82) is 0 Å². The monoisotopic (exact) mass is 472 g/mol. The summed E-state index contributed by atoms with van der Waals surface area (Å²) in [6.45, 7) is 4.56. The number of phenols is 1. The fourth-order valence-electron chi connectivity index (χ4n) is 4.88. The molecular weight excluding hydrogens is 416 g/mol. The summed E-state index contributed by atoms with van der Waals surface area (Å²) in [5.74, 6) is 0.915. The lowest BCUT2D eigenvalue weighted by Gasteiger charge is -2.15. The van der Waals surface area contributed by atoms with Crippen molar-refractivity contribution < 1.29 is 9.84 Å². The molecule has 2 nitrogen and oxygen atoms in total. The Balaban J connectivity index is 2.26. The average molecular weight is 473 g/mol. The van der Waals surface area contributed by atoms with Gasteiger partial charge in [0.1, 0.15) is 0 Å². The highest BCUT2D eigenvalue weighted by Gasteiger charge is 2.14. The lowest BCUT2D eigenvalue weighted by atomic mass is 9.95. The van der Waals surface area contributed by atoms with Gasteiger partial charge in [0.05, 0.1) is 7.11 Å². The van der Waals surface area contributed by atoms with Crippen molar-refractivity contribution in [2.75, 3.05) is 7.11 Å². The normalized spacial score (nSPS) is 11.3. The van der Waals surface area contributed by atoms with Crippen LogP contribution in [0.25, 0.3) is 0 Å². The summed E-state index contributed by atoms with van der Waals surface area (Å²) in [7, 11) is 1.67. The Morgan fingerprint density at radius 3 is 1.53 bits per heavy atom. The summed E-state index contributed by atoms with van der Waals surface area (Å²) >= 11 is 0. The first-order chi connectivity index (χ1) is 16.7. The predicted octanol–water partition coefficient (Wildman–Crippen LogP) is 10.6. The maximum absolute atomic E-state index is 10.3. The molecule has 0 heterocycles. The highest BCUT2D eigenvalue weighted by molar-refractivity contribution is 5.52. The van der Waals surface area contributed by atoms with E-state index in [0.29, 0.717) is 5.75 Å². The number of phenolic OH excluding ortho intramolecular Hbond substituents is 1. The summed E-state index contributed by atoms with van der Waals surface area (Å²) < 4.78 is 5.58. The number of hydrogen-bond donors (Lipinski definition) is 1. The van der Waals surface area contributed by atoms with Crippen LogP contribution in [0, 0.1) is 6.42 Å². The van der Waals surface area contributed by atoms with E-state index in [1.807, 2.05) is 6.07 Å². The molecule has 0 aliphatic rings. The van der Waals surface area contributed by atoms with Gasteiger partial charge in [-0.3, -0.25) is 0 Å². The molecule has 34 heavy (non-hydrogen) atoms. The molecule has 2 radical (unpaired) electrons. The minimum Gasteiger partial charge on any atom is -0.504 e. The summed E-state index contributed by atoms with van der Waals surface area (Å²) in [5, 5.41) is 10.3. The second-order valence-electron chi connectivity index (χ2n) is 10.2. The summed E-state index contributed by atoms with van der Waals surface area (Å²) in [6, 6.07) is 3.79. The molecule has 0 amide bonds. The second kappa shape index (κ2) is 22.3. The van der Waals surface area contributed by atoms with Gasteiger partial charge in [0.15, 0.2) is 11.5 Å². The molecule has 0 aliphatic heterocycles. The van der Waals surface area contributed by atoms with E-state index in [9.17, 15) is 5.11 Å². The van der Waals surface area contributed by atoms with E-state index in [-0.39, 0.29) is 5.75 Å². The van der Waals surface area contributed by atoms with Crippen LogP contribution in [0.5, 0.6) is 11.5 Å². The molecule has 0 aliphatic carbocycles. The van der Waals surface area contributed by atoms with Crippen LogP contribution in [0.1, 0.15) is 160 Å². The Morgan fingerprint density at radius 2 is 1.06 bits per heavy atom. The maximum atomic E-state index is 10.3. The highest BCUT2D eigenvalue weighted by atomic mass is 16.5. The zero-order chi connectivity index (χ0) is 24.7.